The molecular formula is C46H83O13P. The van der Waals surface area contributed by atoms with E-state index >= 15 is 0 Å². The highest BCUT2D eigenvalue weighted by molar-refractivity contribution is 7.47. The molecule has 0 radical (unpaired) electrons. The number of carbonyl (C=O) groups excluding carboxylic acids is 2. The Morgan fingerprint density at radius 2 is 0.950 bits per heavy atom. The van der Waals surface area contributed by atoms with Crippen LogP contribution in [-0.4, -0.2) is 98.3 Å². The summed E-state index contributed by atoms with van der Waals surface area (Å²) in [5, 5.41) is 50.1. The molecule has 1 fully saturated rings. The van der Waals surface area contributed by atoms with Crippen LogP contribution in [-0.2, 0) is 32.7 Å². The van der Waals surface area contributed by atoms with E-state index in [4.69, 9.17) is 18.5 Å². The molecule has 1 rings (SSSR count). The second-order valence-electron chi connectivity index (χ2n) is 16.2. The molecule has 1 saturated carbocycles. The van der Waals surface area contributed by atoms with E-state index in [0.717, 1.165) is 70.6 Å². The molecular weight excluding hydrogens is 791 g/mol. The molecule has 0 aromatic heterocycles. The van der Waals surface area contributed by atoms with Crippen LogP contribution in [0.4, 0.5) is 0 Å². The lowest BCUT2D eigenvalue weighted by molar-refractivity contribution is -0.220. The Morgan fingerprint density at radius 1 is 0.533 bits per heavy atom. The number of phosphoric acid groups is 1. The molecule has 0 spiro atoms. The molecule has 0 aromatic carbocycles. The van der Waals surface area contributed by atoms with Gasteiger partial charge in [-0.3, -0.25) is 18.6 Å². The topological polar surface area (TPSA) is 210 Å². The minimum atomic E-state index is -5.12. The Balaban J connectivity index is 2.46. The van der Waals surface area contributed by atoms with Crippen molar-refractivity contribution in [1.82, 2.24) is 0 Å². The Labute approximate surface area is 361 Å². The van der Waals surface area contributed by atoms with Crippen LogP contribution >= 0.6 is 7.82 Å². The first kappa shape index (κ1) is 56.1. The van der Waals surface area contributed by atoms with Crippen LogP contribution in [0.5, 0.6) is 0 Å². The summed E-state index contributed by atoms with van der Waals surface area (Å²) in [6.07, 6.45) is 27.7. The van der Waals surface area contributed by atoms with Crippen molar-refractivity contribution in [1.29, 1.82) is 0 Å². The van der Waals surface area contributed by atoms with Crippen molar-refractivity contribution in [3.05, 3.63) is 36.5 Å². The monoisotopic (exact) mass is 875 g/mol. The maximum Gasteiger partial charge on any atom is 0.472 e. The zero-order valence-corrected chi connectivity index (χ0v) is 37.9. The van der Waals surface area contributed by atoms with Crippen molar-refractivity contribution in [2.24, 2.45) is 0 Å². The van der Waals surface area contributed by atoms with Crippen molar-refractivity contribution in [3.8, 4) is 0 Å². The Bertz CT molecular complexity index is 1190. The Morgan fingerprint density at radius 3 is 1.45 bits per heavy atom. The van der Waals surface area contributed by atoms with E-state index in [1.807, 2.05) is 0 Å². The van der Waals surface area contributed by atoms with Crippen LogP contribution in [0, 0.1) is 0 Å². The highest BCUT2D eigenvalue weighted by atomic mass is 31.2. The Kier molecular flexibility index (Phi) is 34.2. The third kappa shape index (κ3) is 28.6. The summed E-state index contributed by atoms with van der Waals surface area (Å²) in [5.74, 6) is -1.11. The quantitative estimate of drug-likeness (QED) is 0.0148. The van der Waals surface area contributed by atoms with E-state index in [9.17, 15) is 44.6 Å². The van der Waals surface area contributed by atoms with Gasteiger partial charge in [-0.2, -0.15) is 0 Å². The molecule has 0 aliphatic heterocycles. The van der Waals surface area contributed by atoms with Crippen LogP contribution in [0.25, 0.3) is 0 Å². The highest BCUT2D eigenvalue weighted by Gasteiger charge is 2.51. The van der Waals surface area contributed by atoms with Gasteiger partial charge in [0.1, 0.15) is 43.2 Å². The minimum absolute atomic E-state index is 0.0785. The normalized spacial score (nSPS) is 22.5. The van der Waals surface area contributed by atoms with E-state index in [1.165, 1.54) is 77.0 Å². The maximum absolute atomic E-state index is 12.8. The van der Waals surface area contributed by atoms with E-state index in [2.05, 4.69) is 50.3 Å². The lowest BCUT2D eigenvalue weighted by Gasteiger charge is -2.41. The van der Waals surface area contributed by atoms with E-state index in [1.54, 1.807) is 0 Å². The van der Waals surface area contributed by atoms with Gasteiger partial charge < -0.3 is 39.9 Å². The molecule has 0 bridgehead atoms. The van der Waals surface area contributed by atoms with Crippen LogP contribution < -0.4 is 0 Å². The van der Waals surface area contributed by atoms with Crippen molar-refractivity contribution >= 4 is 19.8 Å². The minimum Gasteiger partial charge on any atom is -0.462 e. The van der Waals surface area contributed by atoms with Gasteiger partial charge in [0.05, 0.1) is 6.61 Å². The molecule has 14 heteroatoms. The second kappa shape index (κ2) is 36.5. The molecule has 60 heavy (non-hydrogen) atoms. The number of hydrogen-bond donors (Lipinski definition) is 6. The third-order valence-corrected chi connectivity index (χ3v) is 11.7. The van der Waals surface area contributed by atoms with Crippen LogP contribution in [0.2, 0.25) is 0 Å². The van der Waals surface area contributed by atoms with Crippen molar-refractivity contribution in [2.75, 3.05) is 13.2 Å². The van der Waals surface area contributed by atoms with Gasteiger partial charge in [-0.25, -0.2) is 4.57 Å². The summed E-state index contributed by atoms with van der Waals surface area (Å²) in [5.41, 5.74) is 0. The summed E-state index contributed by atoms with van der Waals surface area (Å²) in [4.78, 5) is 35.7. The van der Waals surface area contributed by atoms with E-state index in [-0.39, 0.29) is 12.8 Å². The standard InChI is InChI=1S/C46H83O13P/c1-3-5-7-9-11-13-15-17-19-21-22-24-26-28-30-32-34-39(47)56-36-38(37-57-60(54,55)59-46-44(52)42(50)41(49)43(51)45(46)53)58-40(48)35-33-31-29-27-25-23-20-18-16-14-12-10-8-6-4-2/h6,8,12,14,18,20,38,41-46,49-53H,3-5,7,9-11,13,15-17,19,21-37H2,1-2H3,(H,54,55)/b8-6-,14-12-,20-18-/t38-,41?,42-,43?,44?,45?,46?/m1/s1. The zero-order valence-electron chi connectivity index (χ0n) is 37.0. The number of carbonyl (C=O) groups is 2. The smallest absolute Gasteiger partial charge is 0.462 e. The second-order valence-corrected chi connectivity index (χ2v) is 17.6. The predicted octanol–water partition coefficient (Wildman–Crippen LogP) is 9.00. The fraction of sp³-hybridized carbons (Fsp3) is 0.826. The van der Waals surface area contributed by atoms with Gasteiger partial charge in [0.15, 0.2) is 6.10 Å². The first-order chi connectivity index (χ1) is 28.9. The summed E-state index contributed by atoms with van der Waals surface area (Å²) >= 11 is 0. The molecule has 8 atom stereocenters. The largest absolute Gasteiger partial charge is 0.472 e. The predicted molar refractivity (Wildman–Crippen MR) is 235 cm³/mol. The number of unbranched alkanes of at least 4 members (excludes halogenated alkanes) is 20. The molecule has 13 nitrogen and oxygen atoms in total. The number of ether oxygens (including phenoxy) is 2. The molecule has 6 N–H and O–H groups in total. The Hall–Kier alpha value is -1.93. The van der Waals surface area contributed by atoms with Crippen molar-refractivity contribution < 1.29 is 63.1 Å². The zero-order chi connectivity index (χ0) is 44.3. The molecule has 0 aromatic rings. The molecule has 1 aliphatic rings. The van der Waals surface area contributed by atoms with Gasteiger partial charge >= 0.3 is 19.8 Å². The van der Waals surface area contributed by atoms with Gasteiger partial charge in [0.25, 0.3) is 0 Å². The van der Waals surface area contributed by atoms with Crippen molar-refractivity contribution in [3.63, 3.8) is 0 Å². The molecule has 1 aliphatic carbocycles. The van der Waals surface area contributed by atoms with Gasteiger partial charge in [-0.1, -0.05) is 166 Å². The van der Waals surface area contributed by atoms with E-state index < -0.39 is 75.7 Å². The van der Waals surface area contributed by atoms with E-state index in [0.29, 0.717) is 12.8 Å². The third-order valence-electron chi connectivity index (χ3n) is 10.7. The van der Waals surface area contributed by atoms with Gasteiger partial charge in [0, 0.05) is 12.8 Å². The number of rotatable bonds is 38. The summed E-state index contributed by atoms with van der Waals surface area (Å²) in [6.45, 7) is 3.18. The molecule has 0 heterocycles. The maximum atomic E-state index is 12.8. The molecule has 6 unspecified atom stereocenters. The van der Waals surface area contributed by atoms with Crippen LogP contribution in [0.3, 0.4) is 0 Å². The molecule has 0 saturated heterocycles. The average molecular weight is 875 g/mol. The summed E-state index contributed by atoms with van der Waals surface area (Å²) in [7, 11) is -5.12. The number of aliphatic hydroxyl groups is 5. The number of hydrogen-bond acceptors (Lipinski definition) is 12. The van der Waals surface area contributed by atoms with Crippen LogP contribution in [0.15, 0.2) is 36.5 Å². The first-order valence-corrected chi connectivity index (χ1v) is 24.8. The van der Waals surface area contributed by atoms with Crippen LogP contribution in [0.1, 0.15) is 187 Å². The van der Waals surface area contributed by atoms with Gasteiger partial charge in [-0.05, 0) is 44.9 Å². The first-order valence-electron chi connectivity index (χ1n) is 23.3. The fourth-order valence-corrected chi connectivity index (χ4v) is 7.98. The lowest BCUT2D eigenvalue weighted by atomic mass is 9.85. The number of aliphatic hydroxyl groups excluding tert-OH is 5. The molecule has 350 valence electrons. The number of allylic oxidation sites excluding steroid dienone is 6. The average Bonchev–Trinajstić information content (AvgIpc) is 3.23. The van der Waals surface area contributed by atoms with Gasteiger partial charge in [-0.15, -0.1) is 0 Å². The number of esters is 2. The SMILES string of the molecule is CC/C=C\C/C=C\C/C=C\CCCCCCCC(=O)O[C@H](COC(=O)CCCCCCCCCCCCCCCCCC)COP(=O)(O)OC1C(O)C(O)C(O)[C@@H](O)C1O. The summed E-state index contributed by atoms with van der Waals surface area (Å²) in [6, 6.07) is 0. The highest BCUT2D eigenvalue weighted by Crippen LogP contribution is 2.47. The summed E-state index contributed by atoms with van der Waals surface area (Å²) < 4.78 is 33.5. The number of phosphoric ester groups is 1. The lowest BCUT2D eigenvalue weighted by Crippen LogP contribution is -2.64. The fourth-order valence-electron chi connectivity index (χ4n) is 7.01. The molecule has 0 amide bonds. The van der Waals surface area contributed by atoms with Gasteiger partial charge in [0.2, 0.25) is 0 Å². The van der Waals surface area contributed by atoms with Crippen molar-refractivity contribution in [2.45, 2.75) is 230 Å².